The highest BCUT2D eigenvalue weighted by molar-refractivity contribution is 5.92. The van der Waals surface area contributed by atoms with Gasteiger partial charge in [0.05, 0.1) is 0 Å². The normalized spacial score (nSPS) is 15.7. The van der Waals surface area contributed by atoms with E-state index in [1.54, 1.807) is 24.3 Å². The van der Waals surface area contributed by atoms with Crippen LogP contribution in [0.15, 0.2) is 24.3 Å². The van der Waals surface area contributed by atoms with E-state index in [1.165, 1.54) is 6.92 Å². The summed E-state index contributed by atoms with van der Waals surface area (Å²) in [5.74, 6) is 0.340. The minimum absolute atomic E-state index is 0.0290. The summed E-state index contributed by atoms with van der Waals surface area (Å²) in [6.45, 7) is 1.45. The van der Waals surface area contributed by atoms with Gasteiger partial charge in [-0.25, -0.2) is 0 Å². The zero-order valence-corrected chi connectivity index (χ0v) is 11.0. The van der Waals surface area contributed by atoms with Crippen molar-refractivity contribution in [2.24, 2.45) is 11.7 Å². The molecule has 1 unspecified atom stereocenters. The van der Waals surface area contributed by atoms with E-state index in [2.05, 4.69) is 10.6 Å². The number of anilines is 2. The van der Waals surface area contributed by atoms with E-state index >= 15 is 0 Å². The zero-order chi connectivity index (χ0) is 13.8. The fourth-order valence-corrected chi connectivity index (χ4v) is 1.96. The largest absolute Gasteiger partial charge is 0.327 e. The van der Waals surface area contributed by atoms with Crippen LogP contribution in [0.25, 0.3) is 0 Å². The molecule has 0 bridgehead atoms. The molecule has 19 heavy (non-hydrogen) atoms. The average Bonchev–Trinajstić information content (AvgIpc) is 3.14. The van der Waals surface area contributed by atoms with Crippen LogP contribution in [0, 0.1) is 5.92 Å². The molecule has 1 fully saturated rings. The Morgan fingerprint density at radius 3 is 2.21 bits per heavy atom. The number of rotatable bonds is 5. The fraction of sp³-hybridized carbons (Fsp3) is 0.429. The fourth-order valence-electron chi connectivity index (χ4n) is 1.96. The van der Waals surface area contributed by atoms with Crippen molar-refractivity contribution in [1.29, 1.82) is 0 Å². The van der Waals surface area contributed by atoms with E-state index in [0.717, 1.165) is 12.8 Å². The SMILES string of the molecule is CC(=O)Nc1ccc(NC(=O)CC(N)C2CC2)cc1. The van der Waals surface area contributed by atoms with Crippen LogP contribution < -0.4 is 16.4 Å². The van der Waals surface area contributed by atoms with E-state index < -0.39 is 0 Å². The number of nitrogens with two attached hydrogens (primary N) is 1. The lowest BCUT2D eigenvalue weighted by Crippen LogP contribution is -2.28. The monoisotopic (exact) mass is 261 g/mol. The lowest BCUT2D eigenvalue weighted by molar-refractivity contribution is -0.116. The Hall–Kier alpha value is -1.88. The lowest BCUT2D eigenvalue weighted by atomic mass is 10.1. The average molecular weight is 261 g/mol. The quantitative estimate of drug-likeness (QED) is 0.754. The molecule has 0 aromatic heterocycles. The molecule has 1 aliphatic rings. The molecule has 2 rings (SSSR count). The summed E-state index contributed by atoms with van der Waals surface area (Å²) in [4.78, 5) is 22.6. The molecule has 0 aliphatic heterocycles. The van der Waals surface area contributed by atoms with Gasteiger partial charge in [-0.15, -0.1) is 0 Å². The molecule has 0 heterocycles. The highest BCUT2D eigenvalue weighted by atomic mass is 16.2. The van der Waals surface area contributed by atoms with E-state index in [1.807, 2.05) is 0 Å². The van der Waals surface area contributed by atoms with Gasteiger partial charge in [-0.3, -0.25) is 9.59 Å². The number of amides is 2. The number of nitrogens with one attached hydrogen (secondary N) is 2. The molecule has 1 aromatic rings. The molecule has 5 heteroatoms. The summed E-state index contributed by atoms with van der Waals surface area (Å²) >= 11 is 0. The number of carbonyl (C=O) groups is 2. The van der Waals surface area contributed by atoms with Crippen LogP contribution in [0.3, 0.4) is 0 Å². The van der Waals surface area contributed by atoms with Crippen molar-refractivity contribution in [3.8, 4) is 0 Å². The van der Waals surface area contributed by atoms with Crippen LogP contribution >= 0.6 is 0 Å². The van der Waals surface area contributed by atoms with Gasteiger partial charge in [-0.1, -0.05) is 0 Å². The first kappa shape index (κ1) is 13.5. The summed E-state index contributed by atoms with van der Waals surface area (Å²) < 4.78 is 0. The molecule has 0 spiro atoms. The molecule has 1 atom stereocenters. The Balaban J connectivity index is 1.84. The van der Waals surface area contributed by atoms with E-state index in [-0.39, 0.29) is 17.9 Å². The van der Waals surface area contributed by atoms with Gasteiger partial charge in [0.2, 0.25) is 11.8 Å². The van der Waals surface area contributed by atoms with E-state index in [4.69, 9.17) is 5.73 Å². The summed E-state index contributed by atoms with van der Waals surface area (Å²) in [6, 6.07) is 6.98. The molecule has 5 nitrogen and oxygen atoms in total. The standard InChI is InChI=1S/C14H19N3O2/c1-9(18)16-11-4-6-12(7-5-11)17-14(19)8-13(15)10-2-3-10/h4-7,10,13H,2-3,8,15H2,1H3,(H,16,18)(H,17,19). The Morgan fingerprint density at radius 2 is 1.74 bits per heavy atom. The molecule has 1 aliphatic carbocycles. The van der Waals surface area contributed by atoms with E-state index in [9.17, 15) is 9.59 Å². The summed E-state index contributed by atoms with van der Waals surface area (Å²) in [7, 11) is 0. The van der Waals surface area contributed by atoms with Crippen molar-refractivity contribution in [2.75, 3.05) is 10.6 Å². The molecule has 2 amide bonds. The molecular weight excluding hydrogens is 242 g/mol. The van der Waals surface area contributed by atoms with Crippen molar-refractivity contribution in [2.45, 2.75) is 32.2 Å². The van der Waals surface area contributed by atoms with Gasteiger partial charge in [0.25, 0.3) is 0 Å². The highest BCUT2D eigenvalue weighted by Gasteiger charge is 2.29. The highest BCUT2D eigenvalue weighted by Crippen LogP contribution is 2.32. The second-order valence-electron chi connectivity index (χ2n) is 5.01. The van der Waals surface area contributed by atoms with Gasteiger partial charge in [0.15, 0.2) is 0 Å². The zero-order valence-electron chi connectivity index (χ0n) is 11.0. The first-order valence-corrected chi connectivity index (χ1v) is 6.47. The van der Waals surface area contributed by atoms with Crippen LogP contribution in [-0.4, -0.2) is 17.9 Å². The molecular formula is C14H19N3O2. The third-order valence-corrected chi connectivity index (χ3v) is 3.14. The Labute approximate surface area is 112 Å². The van der Waals surface area contributed by atoms with E-state index in [0.29, 0.717) is 23.7 Å². The van der Waals surface area contributed by atoms with Gasteiger partial charge >= 0.3 is 0 Å². The molecule has 4 N–H and O–H groups in total. The predicted octanol–water partition coefficient (Wildman–Crippen LogP) is 1.71. The second-order valence-corrected chi connectivity index (χ2v) is 5.01. The maximum Gasteiger partial charge on any atom is 0.225 e. The molecule has 1 saturated carbocycles. The molecule has 1 aromatic carbocycles. The van der Waals surface area contributed by atoms with Gasteiger partial charge < -0.3 is 16.4 Å². The van der Waals surface area contributed by atoms with Crippen molar-refractivity contribution in [3.05, 3.63) is 24.3 Å². The predicted molar refractivity (Wildman–Crippen MR) is 74.7 cm³/mol. The summed E-state index contributed by atoms with van der Waals surface area (Å²) in [5, 5.41) is 5.47. The van der Waals surface area contributed by atoms with Gasteiger partial charge in [-0.2, -0.15) is 0 Å². The third-order valence-electron chi connectivity index (χ3n) is 3.14. The second kappa shape index (κ2) is 5.84. The number of benzene rings is 1. The van der Waals surface area contributed by atoms with Gasteiger partial charge in [0, 0.05) is 30.8 Å². The number of carbonyl (C=O) groups excluding carboxylic acids is 2. The van der Waals surface area contributed by atoms with Crippen LogP contribution in [0.4, 0.5) is 11.4 Å². The number of hydrogen-bond donors (Lipinski definition) is 3. The van der Waals surface area contributed by atoms with Crippen LogP contribution in [0.2, 0.25) is 0 Å². The smallest absolute Gasteiger partial charge is 0.225 e. The minimum atomic E-state index is -0.118. The topological polar surface area (TPSA) is 84.2 Å². The first-order valence-electron chi connectivity index (χ1n) is 6.47. The van der Waals surface area contributed by atoms with Crippen LogP contribution in [0.1, 0.15) is 26.2 Å². The Morgan fingerprint density at radius 1 is 1.21 bits per heavy atom. The van der Waals surface area contributed by atoms with Crippen LogP contribution in [-0.2, 0) is 9.59 Å². The van der Waals surface area contributed by atoms with Crippen molar-refractivity contribution in [3.63, 3.8) is 0 Å². The molecule has 0 radical (unpaired) electrons. The maximum atomic E-state index is 11.8. The molecule has 102 valence electrons. The Bertz CT molecular complexity index is 466. The van der Waals surface area contributed by atoms with Crippen LogP contribution in [0.5, 0.6) is 0 Å². The molecule has 0 saturated heterocycles. The first-order chi connectivity index (χ1) is 9.04. The third kappa shape index (κ3) is 4.37. The van der Waals surface area contributed by atoms with Crippen molar-refractivity contribution < 1.29 is 9.59 Å². The minimum Gasteiger partial charge on any atom is -0.327 e. The van der Waals surface area contributed by atoms with Gasteiger partial charge in [-0.05, 0) is 43.0 Å². The summed E-state index contributed by atoms with van der Waals surface area (Å²) in [5.41, 5.74) is 7.32. The van der Waals surface area contributed by atoms with Crippen molar-refractivity contribution >= 4 is 23.2 Å². The number of hydrogen-bond acceptors (Lipinski definition) is 3. The van der Waals surface area contributed by atoms with Gasteiger partial charge in [0.1, 0.15) is 0 Å². The summed E-state index contributed by atoms with van der Waals surface area (Å²) in [6.07, 6.45) is 2.64. The lowest BCUT2D eigenvalue weighted by Gasteiger charge is -2.11. The van der Waals surface area contributed by atoms with Crippen molar-refractivity contribution in [1.82, 2.24) is 0 Å². The maximum absolute atomic E-state index is 11.8. The Kier molecular flexibility index (Phi) is 4.16.